The van der Waals surface area contributed by atoms with Gasteiger partial charge in [0, 0.05) is 22.9 Å². The highest BCUT2D eigenvalue weighted by Crippen LogP contribution is 2.26. The van der Waals surface area contributed by atoms with Crippen LogP contribution in [-0.4, -0.2) is 12.0 Å². The van der Waals surface area contributed by atoms with E-state index in [-0.39, 0.29) is 6.04 Å². The highest BCUT2D eigenvalue weighted by Gasteiger charge is 2.15. The first-order chi connectivity index (χ1) is 8.61. The third-order valence-electron chi connectivity index (χ3n) is 3.11. The molecule has 0 radical (unpaired) electrons. The molecule has 0 aliphatic carbocycles. The molecule has 0 saturated carbocycles. The van der Waals surface area contributed by atoms with E-state index < -0.39 is 0 Å². The van der Waals surface area contributed by atoms with Gasteiger partial charge >= 0.3 is 0 Å². The van der Waals surface area contributed by atoms with Crippen LogP contribution in [0.3, 0.4) is 0 Å². The summed E-state index contributed by atoms with van der Waals surface area (Å²) in [5.74, 6) is 0. The molecule has 1 unspecified atom stereocenters. The number of nitrogens with zero attached hydrogens (tertiary/aromatic N) is 1. The van der Waals surface area contributed by atoms with Gasteiger partial charge in [-0.3, -0.25) is 0 Å². The number of aryl methyl sites for hydroxylation is 1. The Hall–Kier alpha value is -0.900. The molecule has 0 fully saturated rings. The van der Waals surface area contributed by atoms with Crippen LogP contribution in [0.25, 0.3) is 0 Å². The van der Waals surface area contributed by atoms with E-state index in [4.69, 9.17) is 11.6 Å². The average molecular weight is 281 g/mol. The predicted octanol–water partition coefficient (Wildman–Crippen LogP) is 3.92. The fourth-order valence-corrected chi connectivity index (χ4v) is 2.89. The summed E-state index contributed by atoms with van der Waals surface area (Å²) in [5, 5.41) is 7.41. The first-order valence-electron chi connectivity index (χ1n) is 5.95. The van der Waals surface area contributed by atoms with Crippen LogP contribution in [0.5, 0.6) is 0 Å². The first kappa shape index (κ1) is 13.5. The summed E-state index contributed by atoms with van der Waals surface area (Å²) in [6.07, 6.45) is 0.891. The monoisotopic (exact) mass is 280 g/mol. The lowest BCUT2D eigenvalue weighted by atomic mass is 9.98. The number of aromatic nitrogens is 1. The second-order valence-electron chi connectivity index (χ2n) is 4.36. The fraction of sp³-hybridized carbons (Fsp3) is 0.357. The van der Waals surface area contributed by atoms with Gasteiger partial charge in [0.25, 0.3) is 0 Å². The van der Waals surface area contributed by atoms with Crippen molar-refractivity contribution in [2.24, 2.45) is 0 Å². The number of nitrogens with one attached hydrogen (secondary N) is 1. The van der Waals surface area contributed by atoms with Gasteiger partial charge in [0.05, 0.1) is 10.7 Å². The minimum atomic E-state index is 0.255. The van der Waals surface area contributed by atoms with Crippen LogP contribution in [0.2, 0.25) is 5.02 Å². The Morgan fingerprint density at radius 2 is 2.17 bits per heavy atom. The zero-order valence-electron chi connectivity index (χ0n) is 10.8. The maximum atomic E-state index is 6.18. The molecule has 0 aliphatic rings. The van der Waals surface area contributed by atoms with Gasteiger partial charge in [-0.05, 0) is 38.1 Å². The van der Waals surface area contributed by atoms with E-state index in [1.807, 2.05) is 26.1 Å². The highest BCUT2D eigenvalue weighted by atomic mass is 35.5. The van der Waals surface area contributed by atoms with Crippen molar-refractivity contribution < 1.29 is 0 Å². The van der Waals surface area contributed by atoms with Crippen molar-refractivity contribution in [3.63, 3.8) is 0 Å². The molecule has 1 atom stereocenters. The molecule has 96 valence electrons. The van der Waals surface area contributed by atoms with Gasteiger partial charge in [0.1, 0.15) is 0 Å². The molecule has 1 aromatic carbocycles. The quantitative estimate of drug-likeness (QED) is 0.918. The van der Waals surface area contributed by atoms with E-state index in [1.54, 1.807) is 11.3 Å². The number of rotatable bonds is 4. The molecule has 18 heavy (non-hydrogen) atoms. The molecule has 1 aromatic heterocycles. The van der Waals surface area contributed by atoms with Gasteiger partial charge < -0.3 is 5.32 Å². The Morgan fingerprint density at radius 3 is 2.78 bits per heavy atom. The van der Waals surface area contributed by atoms with Crippen LogP contribution in [0.1, 0.15) is 27.9 Å². The molecular formula is C14H17ClN2S. The molecule has 2 nitrogen and oxygen atoms in total. The average Bonchev–Trinajstić information content (AvgIpc) is 2.76. The third-order valence-corrected chi connectivity index (χ3v) is 4.35. The molecule has 0 saturated heterocycles. The largest absolute Gasteiger partial charge is 0.313 e. The lowest BCUT2D eigenvalue weighted by Crippen LogP contribution is -2.20. The van der Waals surface area contributed by atoms with Crippen molar-refractivity contribution >= 4 is 22.9 Å². The van der Waals surface area contributed by atoms with E-state index in [1.165, 1.54) is 5.56 Å². The maximum Gasteiger partial charge on any atom is 0.0897 e. The Morgan fingerprint density at radius 1 is 1.39 bits per heavy atom. The SMILES string of the molecule is CNC(Cc1csc(C)n1)c1cccc(Cl)c1C. The van der Waals surface area contributed by atoms with E-state index in [2.05, 4.69) is 28.7 Å². The number of halogens is 1. The van der Waals surface area contributed by atoms with Crippen LogP contribution < -0.4 is 5.32 Å². The van der Waals surface area contributed by atoms with Crippen LogP contribution in [-0.2, 0) is 6.42 Å². The fourth-order valence-electron chi connectivity index (χ4n) is 2.08. The summed E-state index contributed by atoms with van der Waals surface area (Å²) >= 11 is 7.88. The van der Waals surface area contributed by atoms with E-state index in [9.17, 15) is 0 Å². The van der Waals surface area contributed by atoms with Crippen molar-refractivity contribution in [3.8, 4) is 0 Å². The van der Waals surface area contributed by atoms with Crippen LogP contribution >= 0.6 is 22.9 Å². The molecule has 2 aromatic rings. The number of likely N-dealkylation sites (N-methyl/N-ethyl adjacent to an activating group) is 1. The first-order valence-corrected chi connectivity index (χ1v) is 7.21. The van der Waals surface area contributed by atoms with Gasteiger partial charge in [-0.2, -0.15) is 0 Å². The summed E-state index contributed by atoms with van der Waals surface area (Å²) < 4.78 is 0. The van der Waals surface area contributed by atoms with Crippen molar-refractivity contribution in [1.29, 1.82) is 0 Å². The molecule has 2 rings (SSSR count). The van der Waals surface area contributed by atoms with Crippen molar-refractivity contribution in [2.75, 3.05) is 7.05 Å². The third kappa shape index (κ3) is 2.91. The van der Waals surface area contributed by atoms with E-state index in [0.717, 1.165) is 27.7 Å². The molecule has 4 heteroatoms. The Kier molecular flexibility index (Phi) is 4.38. The Balaban J connectivity index is 2.25. The van der Waals surface area contributed by atoms with Crippen LogP contribution in [0, 0.1) is 13.8 Å². The summed E-state index contributed by atoms with van der Waals surface area (Å²) in [6.45, 7) is 4.10. The van der Waals surface area contributed by atoms with Crippen LogP contribution in [0.15, 0.2) is 23.6 Å². The van der Waals surface area contributed by atoms with Crippen LogP contribution in [0.4, 0.5) is 0 Å². The van der Waals surface area contributed by atoms with E-state index in [0.29, 0.717) is 0 Å². The lowest BCUT2D eigenvalue weighted by Gasteiger charge is -2.18. The van der Waals surface area contributed by atoms with Crippen molar-refractivity contribution in [1.82, 2.24) is 10.3 Å². The minimum Gasteiger partial charge on any atom is -0.313 e. The highest BCUT2D eigenvalue weighted by molar-refractivity contribution is 7.09. The van der Waals surface area contributed by atoms with Crippen molar-refractivity contribution in [2.45, 2.75) is 26.3 Å². The Labute approximate surface area is 117 Å². The predicted molar refractivity (Wildman–Crippen MR) is 78.5 cm³/mol. The van der Waals surface area contributed by atoms with Gasteiger partial charge in [0.15, 0.2) is 0 Å². The number of hydrogen-bond donors (Lipinski definition) is 1. The molecular weight excluding hydrogens is 264 g/mol. The zero-order chi connectivity index (χ0) is 13.1. The summed E-state index contributed by atoms with van der Waals surface area (Å²) in [4.78, 5) is 4.52. The Bertz CT molecular complexity index is 536. The maximum absolute atomic E-state index is 6.18. The summed E-state index contributed by atoms with van der Waals surface area (Å²) in [6, 6.07) is 6.31. The molecule has 1 heterocycles. The smallest absolute Gasteiger partial charge is 0.0897 e. The van der Waals surface area contributed by atoms with Gasteiger partial charge in [0.2, 0.25) is 0 Å². The zero-order valence-corrected chi connectivity index (χ0v) is 12.4. The second-order valence-corrected chi connectivity index (χ2v) is 5.83. The second kappa shape index (κ2) is 5.83. The van der Waals surface area contributed by atoms with E-state index >= 15 is 0 Å². The lowest BCUT2D eigenvalue weighted by molar-refractivity contribution is 0.582. The number of thiazole rings is 1. The summed E-state index contributed by atoms with van der Waals surface area (Å²) in [7, 11) is 1.98. The summed E-state index contributed by atoms with van der Waals surface area (Å²) in [5.41, 5.74) is 3.53. The van der Waals surface area contributed by atoms with Crippen molar-refractivity contribution in [3.05, 3.63) is 50.4 Å². The van der Waals surface area contributed by atoms with Gasteiger partial charge in [-0.1, -0.05) is 23.7 Å². The standard InChI is InChI=1S/C14H17ClN2S/c1-9-12(5-4-6-13(9)15)14(16-3)7-11-8-18-10(2)17-11/h4-6,8,14,16H,7H2,1-3H3. The molecule has 0 spiro atoms. The number of hydrogen-bond acceptors (Lipinski definition) is 3. The minimum absolute atomic E-state index is 0.255. The topological polar surface area (TPSA) is 24.9 Å². The molecule has 0 amide bonds. The normalized spacial score (nSPS) is 12.7. The van der Waals surface area contributed by atoms with Gasteiger partial charge in [-0.25, -0.2) is 4.98 Å². The molecule has 0 bridgehead atoms. The number of benzene rings is 1. The molecule has 1 N–H and O–H groups in total. The molecule has 0 aliphatic heterocycles. The van der Waals surface area contributed by atoms with Gasteiger partial charge in [-0.15, -0.1) is 11.3 Å².